The van der Waals surface area contributed by atoms with Gasteiger partial charge in [0.05, 0.1) is 12.8 Å². The average molecular weight is 539 g/mol. The Morgan fingerprint density at radius 1 is 0.923 bits per heavy atom. The highest BCUT2D eigenvalue weighted by atomic mass is 32.2. The first-order valence-electron chi connectivity index (χ1n) is 13.4. The summed E-state index contributed by atoms with van der Waals surface area (Å²) < 4.78 is 8.61. The van der Waals surface area contributed by atoms with Crippen LogP contribution in [0, 0.1) is 0 Å². The molecule has 0 spiro atoms. The van der Waals surface area contributed by atoms with Crippen LogP contribution >= 0.6 is 11.9 Å². The standard InChI is InChI=1S/C32H34N4O2S/c1-2-38-30-20-28(21-33-22-30)31-11-7-6-10-27(31)23-35-16-18-36(19-17-35)29-14-12-26(13-15-29)32(37)34-39-24-25-8-4-3-5-9-25/h3-15,20-22H,2,16-19,23-24H2,1H3,(H,34,37). The Labute approximate surface area is 235 Å². The van der Waals surface area contributed by atoms with Crippen molar-refractivity contribution in [2.75, 3.05) is 37.7 Å². The molecule has 6 nitrogen and oxygen atoms in total. The molecule has 0 unspecified atom stereocenters. The second kappa shape index (κ2) is 13.3. The number of aromatic nitrogens is 1. The zero-order chi connectivity index (χ0) is 26.9. The molecule has 200 valence electrons. The fourth-order valence-electron chi connectivity index (χ4n) is 4.80. The molecule has 1 saturated heterocycles. The topological polar surface area (TPSA) is 57.7 Å². The van der Waals surface area contributed by atoms with Crippen molar-refractivity contribution >= 4 is 23.5 Å². The van der Waals surface area contributed by atoms with Gasteiger partial charge >= 0.3 is 0 Å². The van der Waals surface area contributed by atoms with Crippen LogP contribution in [-0.4, -0.2) is 48.6 Å². The van der Waals surface area contributed by atoms with Gasteiger partial charge in [-0.05, 0) is 65.9 Å². The number of piperazine rings is 1. The fourth-order valence-corrected chi connectivity index (χ4v) is 5.48. The fraction of sp³-hybridized carbons (Fsp3) is 0.250. The molecule has 1 aliphatic heterocycles. The molecule has 1 fully saturated rings. The summed E-state index contributed by atoms with van der Waals surface area (Å²) >= 11 is 1.42. The zero-order valence-corrected chi connectivity index (χ0v) is 23.1. The van der Waals surface area contributed by atoms with Crippen LogP contribution in [0.4, 0.5) is 5.69 Å². The summed E-state index contributed by atoms with van der Waals surface area (Å²) in [5, 5.41) is 0. The predicted molar refractivity (Wildman–Crippen MR) is 160 cm³/mol. The van der Waals surface area contributed by atoms with Crippen molar-refractivity contribution in [3.63, 3.8) is 0 Å². The molecular formula is C32H34N4O2S. The van der Waals surface area contributed by atoms with Crippen molar-refractivity contribution in [1.29, 1.82) is 0 Å². The van der Waals surface area contributed by atoms with E-state index in [2.05, 4.69) is 74.1 Å². The number of ether oxygens (including phenoxy) is 1. The second-order valence-electron chi connectivity index (χ2n) is 9.52. The number of carbonyl (C=O) groups excluding carboxylic acids is 1. The van der Waals surface area contributed by atoms with E-state index in [1.807, 2.05) is 43.5 Å². The maximum absolute atomic E-state index is 12.6. The SMILES string of the molecule is CCOc1cncc(-c2ccccc2CN2CCN(c3ccc(C(=O)NSCc4ccccc4)cc3)CC2)c1. The minimum atomic E-state index is -0.0621. The number of benzene rings is 3. The highest BCUT2D eigenvalue weighted by molar-refractivity contribution is 7.97. The lowest BCUT2D eigenvalue weighted by Gasteiger charge is -2.36. The van der Waals surface area contributed by atoms with Gasteiger partial charge in [0.1, 0.15) is 5.75 Å². The first-order valence-corrected chi connectivity index (χ1v) is 14.4. The van der Waals surface area contributed by atoms with E-state index in [0.717, 1.165) is 55.5 Å². The number of hydrogen-bond acceptors (Lipinski definition) is 6. The van der Waals surface area contributed by atoms with Gasteiger partial charge in [-0.1, -0.05) is 54.6 Å². The number of nitrogens with one attached hydrogen (secondary N) is 1. The first-order chi connectivity index (χ1) is 19.2. The Morgan fingerprint density at radius 3 is 2.44 bits per heavy atom. The summed E-state index contributed by atoms with van der Waals surface area (Å²) in [5.74, 6) is 1.48. The monoisotopic (exact) mass is 538 g/mol. The second-order valence-corrected chi connectivity index (χ2v) is 10.3. The number of hydrogen-bond donors (Lipinski definition) is 1. The van der Waals surface area contributed by atoms with Gasteiger partial charge < -0.3 is 9.64 Å². The third-order valence-corrected chi connectivity index (χ3v) is 7.67. The van der Waals surface area contributed by atoms with Crippen LogP contribution in [0.15, 0.2) is 97.3 Å². The first kappa shape index (κ1) is 26.8. The summed E-state index contributed by atoms with van der Waals surface area (Å²) in [6, 6.07) is 28.7. The molecule has 0 aliphatic carbocycles. The van der Waals surface area contributed by atoms with Crippen molar-refractivity contribution in [2.24, 2.45) is 0 Å². The molecule has 0 atom stereocenters. The quantitative estimate of drug-likeness (QED) is 0.248. The molecule has 1 amide bonds. The lowest BCUT2D eigenvalue weighted by Crippen LogP contribution is -2.46. The van der Waals surface area contributed by atoms with Gasteiger partial charge in [-0.25, -0.2) is 0 Å². The van der Waals surface area contributed by atoms with Crippen LogP contribution in [0.5, 0.6) is 5.75 Å². The molecule has 2 heterocycles. The Bertz CT molecular complexity index is 1360. The van der Waals surface area contributed by atoms with Crippen molar-refractivity contribution in [3.05, 3.63) is 114 Å². The normalized spacial score (nSPS) is 13.7. The molecule has 1 aromatic heterocycles. The third-order valence-electron chi connectivity index (χ3n) is 6.86. The minimum Gasteiger partial charge on any atom is -0.492 e. The largest absolute Gasteiger partial charge is 0.492 e. The highest BCUT2D eigenvalue weighted by Crippen LogP contribution is 2.28. The van der Waals surface area contributed by atoms with Crippen LogP contribution in [0.2, 0.25) is 0 Å². The lowest BCUT2D eigenvalue weighted by atomic mass is 10.0. The van der Waals surface area contributed by atoms with Crippen molar-refractivity contribution in [3.8, 4) is 16.9 Å². The van der Waals surface area contributed by atoms with E-state index in [4.69, 9.17) is 4.74 Å². The molecule has 0 bridgehead atoms. The van der Waals surface area contributed by atoms with Crippen molar-refractivity contribution < 1.29 is 9.53 Å². The van der Waals surface area contributed by atoms with Gasteiger partial charge in [-0.2, -0.15) is 0 Å². The smallest absolute Gasteiger partial charge is 0.261 e. The van der Waals surface area contributed by atoms with Gasteiger partial charge in [-0.15, -0.1) is 0 Å². The number of anilines is 1. The summed E-state index contributed by atoms with van der Waals surface area (Å²) in [6.45, 7) is 7.35. The molecule has 39 heavy (non-hydrogen) atoms. The maximum Gasteiger partial charge on any atom is 0.261 e. The number of nitrogens with zero attached hydrogens (tertiary/aromatic N) is 3. The van der Waals surface area contributed by atoms with E-state index in [0.29, 0.717) is 12.2 Å². The molecular weight excluding hydrogens is 504 g/mol. The van der Waals surface area contributed by atoms with Crippen LogP contribution < -0.4 is 14.4 Å². The Balaban J connectivity index is 1.13. The van der Waals surface area contributed by atoms with Crippen LogP contribution in [0.3, 0.4) is 0 Å². The Hall–Kier alpha value is -3.81. The third kappa shape index (κ3) is 7.19. The predicted octanol–water partition coefficient (Wildman–Crippen LogP) is 6.05. The molecule has 0 saturated carbocycles. The summed E-state index contributed by atoms with van der Waals surface area (Å²) in [6.07, 6.45) is 3.67. The summed E-state index contributed by atoms with van der Waals surface area (Å²) in [7, 11) is 0. The van der Waals surface area contributed by atoms with Gasteiger partial charge in [0.15, 0.2) is 0 Å². The number of pyridine rings is 1. The Morgan fingerprint density at radius 2 is 1.67 bits per heavy atom. The lowest BCUT2D eigenvalue weighted by molar-refractivity contribution is 0.0984. The van der Waals surface area contributed by atoms with Crippen molar-refractivity contribution in [1.82, 2.24) is 14.6 Å². The summed E-state index contributed by atoms with van der Waals surface area (Å²) in [5.41, 5.74) is 6.60. The molecule has 3 aromatic carbocycles. The molecule has 0 radical (unpaired) electrons. The number of amides is 1. The van der Waals surface area contributed by atoms with Gasteiger partial charge in [0, 0.05) is 61.5 Å². The van der Waals surface area contributed by atoms with E-state index in [1.165, 1.54) is 28.6 Å². The minimum absolute atomic E-state index is 0.0621. The van der Waals surface area contributed by atoms with Crippen LogP contribution in [0.25, 0.3) is 11.1 Å². The molecule has 5 rings (SSSR count). The Kier molecular flexibility index (Phi) is 9.14. The molecule has 7 heteroatoms. The number of rotatable bonds is 10. The van der Waals surface area contributed by atoms with E-state index < -0.39 is 0 Å². The highest BCUT2D eigenvalue weighted by Gasteiger charge is 2.19. The maximum atomic E-state index is 12.6. The van der Waals surface area contributed by atoms with Gasteiger partial charge in [-0.3, -0.25) is 19.4 Å². The van der Waals surface area contributed by atoms with E-state index in [-0.39, 0.29) is 5.91 Å². The number of carbonyl (C=O) groups is 1. The van der Waals surface area contributed by atoms with Gasteiger partial charge in [0.2, 0.25) is 0 Å². The van der Waals surface area contributed by atoms with Crippen LogP contribution in [0.1, 0.15) is 28.4 Å². The molecule has 1 N–H and O–H groups in total. The van der Waals surface area contributed by atoms with Gasteiger partial charge in [0.25, 0.3) is 5.91 Å². The summed E-state index contributed by atoms with van der Waals surface area (Å²) in [4.78, 5) is 21.8. The van der Waals surface area contributed by atoms with E-state index in [9.17, 15) is 4.79 Å². The van der Waals surface area contributed by atoms with Crippen LogP contribution in [-0.2, 0) is 12.3 Å². The van der Waals surface area contributed by atoms with E-state index >= 15 is 0 Å². The average Bonchev–Trinajstić information content (AvgIpc) is 2.99. The van der Waals surface area contributed by atoms with E-state index in [1.54, 1.807) is 6.20 Å². The molecule has 1 aliphatic rings. The molecule has 4 aromatic rings. The van der Waals surface area contributed by atoms with Crippen molar-refractivity contribution in [2.45, 2.75) is 19.2 Å². The zero-order valence-electron chi connectivity index (χ0n) is 22.3.